The second kappa shape index (κ2) is 8.34. The van der Waals surface area contributed by atoms with Crippen LogP contribution in [0.2, 0.25) is 0 Å². The summed E-state index contributed by atoms with van der Waals surface area (Å²) in [6.07, 6.45) is 1.56. The Balaban J connectivity index is 1.81. The van der Waals surface area contributed by atoms with Crippen molar-refractivity contribution in [2.45, 2.75) is 19.1 Å². The van der Waals surface area contributed by atoms with E-state index >= 15 is 0 Å². The molecule has 2 heterocycles. The molecule has 0 fully saturated rings. The minimum atomic E-state index is -0.432. The molecule has 9 heteroatoms. The van der Waals surface area contributed by atoms with Gasteiger partial charge in [-0.25, -0.2) is 4.98 Å². The zero-order valence-corrected chi connectivity index (χ0v) is 14.3. The van der Waals surface area contributed by atoms with Crippen molar-refractivity contribution in [1.82, 2.24) is 10.1 Å². The third-order valence-electron chi connectivity index (χ3n) is 2.96. The van der Waals surface area contributed by atoms with Gasteiger partial charge in [-0.1, -0.05) is 5.16 Å². The highest BCUT2D eigenvalue weighted by molar-refractivity contribution is 8.01. The van der Waals surface area contributed by atoms with E-state index < -0.39 is 5.25 Å². The van der Waals surface area contributed by atoms with Crippen molar-refractivity contribution in [3.63, 3.8) is 0 Å². The van der Waals surface area contributed by atoms with Gasteiger partial charge in [0.25, 0.3) is 0 Å². The quantitative estimate of drug-likeness (QED) is 0.787. The molecule has 0 saturated carbocycles. The molecule has 2 aromatic heterocycles. The summed E-state index contributed by atoms with van der Waals surface area (Å²) < 4.78 is 9.99. The number of thioether (sulfide) groups is 1. The second-order valence-electron chi connectivity index (χ2n) is 4.87. The van der Waals surface area contributed by atoms with E-state index in [0.717, 1.165) is 0 Å². The fourth-order valence-corrected chi connectivity index (χ4v) is 2.43. The molecule has 0 aliphatic heterocycles. The first-order valence-corrected chi connectivity index (χ1v) is 8.19. The number of carbonyl (C=O) groups is 2. The van der Waals surface area contributed by atoms with Gasteiger partial charge in [0.2, 0.25) is 11.8 Å². The number of rotatable bonds is 7. The Hall–Kier alpha value is -2.55. The first kappa shape index (κ1) is 17.8. The highest BCUT2D eigenvalue weighted by atomic mass is 32.2. The molecule has 1 unspecified atom stereocenters. The first-order chi connectivity index (χ1) is 11.5. The fourth-order valence-electron chi connectivity index (χ4n) is 1.75. The van der Waals surface area contributed by atoms with Crippen molar-refractivity contribution >= 4 is 35.2 Å². The van der Waals surface area contributed by atoms with Crippen molar-refractivity contribution in [1.29, 1.82) is 0 Å². The number of carbonyl (C=O) groups excluding carboxylic acids is 2. The van der Waals surface area contributed by atoms with Crippen LogP contribution in [0, 0.1) is 6.92 Å². The molecular formula is C15H18N4O4S. The SMILES string of the molecule is COc1cccnc1NC(=O)CSC(C)C(=O)Nc1cc(C)on1. The van der Waals surface area contributed by atoms with Crippen LogP contribution in [-0.4, -0.2) is 40.1 Å². The number of pyridine rings is 1. The van der Waals surface area contributed by atoms with E-state index in [1.807, 2.05) is 0 Å². The van der Waals surface area contributed by atoms with Crippen molar-refractivity contribution in [2.24, 2.45) is 0 Å². The van der Waals surface area contributed by atoms with Crippen molar-refractivity contribution in [3.05, 3.63) is 30.2 Å². The third kappa shape index (κ3) is 4.98. The van der Waals surface area contributed by atoms with Crippen molar-refractivity contribution < 1.29 is 18.8 Å². The number of methoxy groups -OCH3 is 1. The second-order valence-corrected chi connectivity index (χ2v) is 6.20. The predicted octanol–water partition coefficient (Wildman–Crippen LogP) is 2.09. The van der Waals surface area contributed by atoms with Crippen LogP contribution in [0.15, 0.2) is 28.9 Å². The van der Waals surface area contributed by atoms with Gasteiger partial charge in [0.15, 0.2) is 17.4 Å². The van der Waals surface area contributed by atoms with E-state index in [1.54, 1.807) is 38.2 Å². The number of nitrogens with zero attached hydrogens (tertiary/aromatic N) is 2. The highest BCUT2D eigenvalue weighted by Gasteiger charge is 2.17. The van der Waals surface area contributed by atoms with E-state index in [0.29, 0.717) is 23.1 Å². The Kier molecular flexibility index (Phi) is 6.19. The number of aryl methyl sites for hydroxylation is 1. The summed E-state index contributed by atoms with van der Waals surface area (Å²) in [6.45, 7) is 3.44. The van der Waals surface area contributed by atoms with Crippen LogP contribution in [0.5, 0.6) is 5.75 Å². The minimum Gasteiger partial charge on any atom is -0.493 e. The summed E-state index contributed by atoms with van der Waals surface area (Å²) in [7, 11) is 1.50. The Morgan fingerprint density at radius 2 is 2.21 bits per heavy atom. The number of hydrogen-bond acceptors (Lipinski definition) is 7. The van der Waals surface area contributed by atoms with Gasteiger partial charge in [-0.2, -0.15) is 0 Å². The molecule has 2 aromatic rings. The molecule has 8 nitrogen and oxygen atoms in total. The molecule has 128 valence electrons. The Bertz CT molecular complexity index is 719. The summed E-state index contributed by atoms with van der Waals surface area (Å²) >= 11 is 1.20. The maximum atomic E-state index is 12.0. The van der Waals surface area contributed by atoms with Gasteiger partial charge >= 0.3 is 0 Å². The smallest absolute Gasteiger partial charge is 0.238 e. The molecule has 0 saturated heterocycles. The predicted molar refractivity (Wildman–Crippen MR) is 91.2 cm³/mol. The molecule has 0 aromatic carbocycles. The van der Waals surface area contributed by atoms with Gasteiger partial charge in [-0.3, -0.25) is 9.59 Å². The van der Waals surface area contributed by atoms with Crippen LogP contribution < -0.4 is 15.4 Å². The normalized spacial score (nSPS) is 11.6. The molecular weight excluding hydrogens is 332 g/mol. The number of aromatic nitrogens is 2. The third-order valence-corrected chi connectivity index (χ3v) is 4.10. The topological polar surface area (TPSA) is 106 Å². The number of amides is 2. The van der Waals surface area contributed by atoms with E-state index in [1.165, 1.54) is 18.9 Å². The molecule has 0 aliphatic rings. The van der Waals surface area contributed by atoms with Gasteiger partial charge in [-0.15, -0.1) is 11.8 Å². The number of ether oxygens (including phenoxy) is 1. The van der Waals surface area contributed by atoms with E-state index in [4.69, 9.17) is 9.26 Å². The molecule has 0 spiro atoms. The molecule has 2 N–H and O–H groups in total. The van der Waals surface area contributed by atoms with E-state index in [-0.39, 0.29) is 17.6 Å². The molecule has 0 bridgehead atoms. The number of hydrogen-bond donors (Lipinski definition) is 2. The zero-order chi connectivity index (χ0) is 17.5. The van der Waals surface area contributed by atoms with Crippen molar-refractivity contribution in [2.75, 3.05) is 23.5 Å². The molecule has 1 atom stereocenters. The maximum absolute atomic E-state index is 12.0. The summed E-state index contributed by atoms with van der Waals surface area (Å²) in [4.78, 5) is 28.0. The fraction of sp³-hybridized carbons (Fsp3) is 0.333. The first-order valence-electron chi connectivity index (χ1n) is 7.14. The molecule has 0 radical (unpaired) electrons. The standard InChI is InChI=1S/C15H18N4O4S/c1-9-7-12(19-23-9)17-15(21)10(2)24-8-13(20)18-14-11(22-3)5-4-6-16-14/h4-7,10H,8H2,1-3H3,(H,16,18,20)(H,17,19,21). The van der Waals surface area contributed by atoms with E-state index in [9.17, 15) is 9.59 Å². The largest absolute Gasteiger partial charge is 0.493 e. The Morgan fingerprint density at radius 3 is 2.88 bits per heavy atom. The van der Waals surface area contributed by atoms with Gasteiger partial charge in [0.1, 0.15) is 5.76 Å². The summed E-state index contributed by atoms with van der Waals surface area (Å²) in [5.74, 6) is 1.36. The van der Waals surface area contributed by atoms with Crippen LogP contribution >= 0.6 is 11.8 Å². The summed E-state index contributed by atoms with van der Waals surface area (Å²) in [5.41, 5.74) is 0. The molecule has 24 heavy (non-hydrogen) atoms. The van der Waals surface area contributed by atoms with Gasteiger partial charge in [0.05, 0.1) is 18.1 Å². The minimum absolute atomic E-state index is 0.103. The van der Waals surface area contributed by atoms with Gasteiger partial charge < -0.3 is 19.9 Å². The Morgan fingerprint density at radius 1 is 1.42 bits per heavy atom. The Labute approximate surface area is 143 Å². The van der Waals surface area contributed by atoms with Gasteiger partial charge in [0, 0.05) is 12.3 Å². The number of anilines is 2. The zero-order valence-electron chi connectivity index (χ0n) is 13.5. The van der Waals surface area contributed by atoms with Crippen LogP contribution in [0.1, 0.15) is 12.7 Å². The average Bonchev–Trinajstić information content (AvgIpc) is 2.98. The molecule has 2 amide bonds. The average molecular weight is 350 g/mol. The summed E-state index contributed by atoms with van der Waals surface area (Å²) in [6, 6.07) is 5.03. The van der Waals surface area contributed by atoms with E-state index in [2.05, 4.69) is 20.8 Å². The van der Waals surface area contributed by atoms with Crippen LogP contribution in [0.4, 0.5) is 11.6 Å². The highest BCUT2D eigenvalue weighted by Crippen LogP contribution is 2.21. The van der Waals surface area contributed by atoms with Crippen LogP contribution in [0.25, 0.3) is 0 Å². The van der Waals surface area contributed by atoms with Gasteiger partial charge in [-0.05, 0) is 26.0 Å². The molecule has 2 rings (SSSR count). The lowest BCUT2D eigenvalue weighted by atomic mass is 10.4. The lowest BCUT2D eigenvalue weighted by molar-refractivity contribution is -0.115. The van der Waals surface area contributed by atoms with Crippen LogP contribution in [-0.2, 0) is 9.59 Å². The lowest BCUT2D eigenvalue weighted by Crippen LogP contribution is -2.25. The lowest BCUT2D eigenvalue weighted by Gasteiger charge is -2.11. The van der Waals surface area contributed by atoms with Crippen molar-refractivity contribution in [3.8, 4) is 5.75 Å². The maximum Gasteiger partial charge on any atom is 0.238 e. The van der Waals surface area contributed by atoms with Crippen LogP contribution in [0.3, 0.4) is 0 Å². The monoisotopic (exact) mass is 350 g/mol. The number of nitrogens with one attached hydrogen (secondary N) is 2. The summed E-state index contributed by atoms with van der Waals surface area (Å²) in [5, 5.41) is 8.54. The molecule has 0 aliphatic carbocycles.